The van der Waals surface area contributed by atoms with Crippen molar-refractivity contribution in [3.8, 4) is 0 Å². The normalized spacial score (nSPS) is 10.7. The Kier molecular flexibility index (Phi) is 3.13. The summed E-state index contributed by atoms with van der Waals surface area (Å²) in [6.45, 7) is 0. The minimum Gasteiger partial charge on any atom is -0.448 e. The number of benzene rings is 3. The maximum Gasteiger partial charge on any atom is 0.204 e. The van der Waals surface area contributed by atoms with Gasteiger partial charge in [-0.1, -0.05) is 48.5 Å². The van der Waals surface area contributed by atoms with Gasteiger partial charge in [0.15, 0.2) is 0 Å². The molecule has 1 aromatic heterocycles. The van der Waals surface area contributed by atoms with Gasteiger partial charge in [0, 0.05) is 17.4 Å². The van der Waals surface area contributed by atoms with Gasteiger partial charge in [0.1, 0.15) is 0 Å². The number of anilines is 3. The number of hydrogen-bond acceptors (Lipinski definition) is 2. The molecule has 4 rings (SSSR count). The Morgan fingerprint density at radius 2 is 1.36 bits per heavy atom. The summed E-state index contributed by atoms with van der Waals surface area (Å²) in [5.41, 5.74) is 2.16. The molecular weight excluding hydrogens is 270 g/mol. The smallest absolute Gasteiger partial charge is 0.204 e. The summed E-state index contributed by atoms with van der Waals surface area (Å²) >= 11 is 0. The van der Waals surface area contributed by atoms with Gasteiger partial charge in [0.2, 0.25) is 5.88 Å². The van der Waals surface area contributed by atoms with Crippen LogP contribution in [0.25, 0.3) is 10.8 Å². The number of para-hydroxylation sites is 1. The summed E-state index contributed by atoms with van der Waals surface area (Å²) in [6.07, 6.45) is 1.70. The molecule has 0 aliphatic heterocycles. The van der Waals surface area contributed by atoms with Crippen LogP contribution in [0.4, 0.5) is 17.3 Å². The van der Waals surface area contributed by atoms with E-state index in [9.17, 15) is 0 Å². The summed E-state index contributed by atoms with van der Waals surface area (Å²) in [7, 11) is 0. The Labute approximate surface area is 129 Å². The highest BCUT2D eigenvalue weighted by Crippen LogP contribution is 2.35. The molecular formula is C20H15NO. The van der Waals surface area contributed by atoms with Gasteiger partial charge in [-0.05, 0) is 41.1 Å². The average molecular weight is 285 g/mol. The van der Waals surface area contributed by atoms with E-state index in [0.29, 0.717) is 0 Å². The van der Waals surface area contributed by atoms with Gasteiger partial charge in [-0.2, -0.15) is 0 Å². The molecule has 0 saturated heterocycles. The molecule has 0 radical (unpaired) electrons. The lowest BCUT2D eigenvalue weighted by atomic mass is 10.1. The molecule has 0 saturated carbocycles. The first kappa shape index (κ1) is 12.7. The van der Waals surface area contributed by atoms with Gasteiger partial charge in [-0.25, -0.2) is 0 Å². The zero-order valence-electron chi connectivity index (χ0n) is 12.0. The molecule has 0 atom stereocenters. The number of nitrogens with zero attached hydrogens (tertiary/aromatic N) is 1. The van der Waals surface area contributed by atoms with Crippen molar-refractivity contribution in [3.05, 3.63) is 91.2 Å². The quantitative estimate of drug-likeness (QED) is 0.465. The molecule has 0 N–H and O–H groups in total. The van der Waals surface area contributed by atoms with Gasteiger partial charge in [-0.3, -0.25) is 4.90 Å². The van der Waals surface area contributed by atoms with Crippen LogP contribution in [0, 0.1) is 0 Å². The highest BCUT2D eigenvalue weighted by atomic mass is 16.3. The van der Waals surface area contributed by atoms with E-state index in [1.807, 2.05) is 30.3 Å². The number of hydrogen-bond donors (Lipinski definition) is 0. The predicted octanol–water partition coefficient (Wildman–Crippen LogP) is 5.90. The first-order valence-electron chi connectivity index (χ1n) is 7.29. The minimum atomic E-state index is 0.807. The standard InChI is InChI=1S/C20H15NO/c1-2-9-18(10-3-1)21(20-11-6-14-22-20)19-13-12-16-7-4-5-8-17(16)15-19/h1-15H. The number of fused-ring (bicyclic) bond motifs is 1. The molecule has 0 aliphatic carbocycles. The fourth-order valence-electron chi connectivity index (χ4n) is 2.69. The van der Waals surface area contributed by atoms with E-state index in [4.69, 9.17) is 4.42 Å². The Hall–Kier alpha value is -3.00. The highest BCUT2D eigenvalue weighted by Gasteiger charge is 2.14. The SMILES string of the molecule is c1ccc(N(c2ccc3ccccc3c2)c2ccco2)cc1. The van der Waals surface area contributed by atoms with Crippen LogP contribution in [0.2, 0.25) is 0 Å². The van der Waals surface area contributed by atoms with E-state index in [2.05, 4.69) is 59.5 Å². The van der Waals surface area contributed by atoms with Gasteiger partial charge in [0.25, 0.3) is 0 Å². The first-order valence-corrected chi connectivity index (χ1v) is 7.29. The molecule has 0 fully saturated rings. The van der Waals surface area contributed by atoms with E-state index in [1.54, 1.807) is 6.26 Å². The summed E-state index contributed by atoms with van der Waals surface area (Å²) < 4.78 is 5.64. The van der Waals surface area contributed by atoms with Gasteiger partial charge in [0.05, 0.1) is 6.26 Å². The lowest BCUT2D eigenvalue weighted by Gasteiger charge is -2.22. The lowest BCUT2D eigenvalue weighted by Crippen LogP contribution is -2.08. The maximum absolute atomic E-state index is 5.64. The molecule has 0 unspecified atom stereocenters. The highest BCUT2D eigenvalue weighted by molar-refractivity contribution is 5.88. The second-order valence-electron chi connectivity index (χ2n) is 5.15. The van der Waals surface area contributed by atoms with Crippen LogP contribution in [0.15, 0.2) is 95.6 Å². The molecule has 0 bridgehead atoms. The van der Waals surface area contributed by atoms with Crippen molar-refractivity contribution in [2.24, 2.45) is 0 Å². The molecule has 3 aromatic carbocycles. The molecule has 2 heteroatoms. The van der Waals surface area contributed by atoms with Crippen molar-refractivity contribution in [3.63, 3.8) is 0 Å². The van der Waals surface area contributed by atoms with E-state index >= 15 is 0 Å². The Balaban J connectivity index is 1.89. The lowest BCUT2D eigenvalue weighted by molar-refractivity contribution is 0.574. The van der Waals surface area contributed by atoms with Crippen molar-refractivity contribution in [2.45, 2.75) is 0 Å². The Bertz CT molecular complexity index is 882. The molecule has 22 heavy (non-hydrogen) atoms. The van der Waals surface area contributed by atoms with Crippen LogP contribution >= 0.6 is 0 Å². The van der Waals surface area contributed by atoms with Gasteiger partial charge < -0.3 is 4.42 Å². The third-order valence-electron chi connectivity index (χ3n) is 3.73. The van der Waals surface area contributed by atoms with Crippen molar-refractivity contribution >= 4 is 28.0 Å². The Morgan fingerprint density at radius 1 is 0.591 bits per heavy atom. The minimum absolute atomic E-state index is 0.807. The summed E-state index contributed by atoms with van der Waals surface area (Å²) in [5.74, 6) is 0.807. The van der Waals surface area contributed by atoms with Crippen LogP contribution in [0.1, 0.15) is 0 Å². The molecule has 4 aromatic rings. The van der Waals surface area contributed by atoms with E-state index in [0.717, 1.165) is 17.3 Å². The molecule has 2 nitrogen and oxygen atoms in total. The number of furan rings is 1. The summed E-state index contributed by atoms with van der Waals surface area (Å²) in [4.78, 5) is 2.12. The summed E-state index contributed by atoms with van der Waals surface area (Å²) in [6, 6.07) is 29.0. The third-order valence-corrected chi connectivity index (χ3v) is 3.73. The Morgan fingerprint density at radius 3 is 2.14 bits per heavy atom. The molecule has 106 valence electrons. The van der Waals surface area contributed by atoms with Crippen LogP contribution in [-0.4, -0.2) is 0 Å². The zero-order chi connectivity index (χ0) is 14.8. The first-order chi connectivity index (χ1) is 10.9. The molecule has 0 spiro atoms. The van der Waals surface area contributed by atoms with E-state index in [-0.39, 0.29) is 0 Å². The monoisotopic (exact) mass is 285 g/mol. The average Bonchev–Trinajstić information content (AvgIpc) is 3.10. The van der Waals surface area contributed by atoms with Crippen LogP contribution in [0.5, 0.6) is 0 Å². The van der Waals surface area contributed by atoms with E-state index in [1.165, 1.54) is 10.8 Å². The predicted molar refractivity (Wildman–Crippen MR) is 90.9 cm³/mol. The maximum atomic E-state index is 5.64. The largest absolute Gasteiger partial charge is 0.448 e. The third kappa shape index (κ3) is 2.25. The summed E-state index contributed by atoms with van der Waals surface area (Å²) in [5, 5.41) is 2.45. The van der Waals surface area contributed by atoms with Crippen molar-refractivity contribution < 1.29 is 4.42 Å². The van der Waals surface area contributed by atoms with Gasteiger partial charge in [-0.15, -0.1) is 0 Å². The fourth-order valence-corrected chi connectivity index (χ4v) is 2.69. The molecule has 0 aliphatic rings. The molecule has 0 amide bonds. The van der Waals surface area contributed by atoms with Crippen LogP contribution in [0.3, 0.4) is 0 Å². The topological polar surface area (TPSA) is 16.4 Å². The number of rotatable bonds is 3. The fraction of sp³-hybridized carbons (Fsp3) is 0. The zero-order valence-corrected chi connectivity index (χ0v) is 12.0. The van der Waals surface area contributed by atoms with Gasteiger partial charge >= 0.3 is 0 Å². The van der Waals surface area contributed by atoms with Crippen LogP contribution < -0.4 is 4.90 Å². The second kappa shape index (κ2) is 5.41. The molecule has 1 heterocycles. The van der Waals surface area contributed by atoms with Crippen LogP contribution in [-0.2, 0) is 0 Å². The van der Waals surface area contributed by atoms with Crippen molar-refractivity contribution in [2.75, 3.05) is 4.90 Å². The van der Waals surface area contributed by atoms with Crippen molar-refractivity contribution in [1.29, 1.82) is 0 Å². The van der Waals surface area contributed by atoms with E-state index < -0.39 is 0 Å². The second-order valence-corrected chi connectivity index (χ2v) is 5.15. The van der Waals surface area contributed by atoms with Crippen molar-refractivity contribution in [1.82, 2.24) is 0 Å².